The van der Waals surface area contributed by atoms with Crippen molar-refractivity contribution in [3.63, 3.8) is 0 Å². The minimum atomic E-state index is -0.0585. The van der Waals surface area contributed by atoms with Crippen LogP contribution in [-0.2, 0) is 19.4 Å². The lowest BCUT2D eigenvalue weighted by Crippen LogP contribution is -2.30. The summed E-state index contributed by atoms with van der Waals surface area (Å²) in [6, 6.07) is 8.12. The van der Waals surface area contributed by atoms with Gasteiger partial charge >= 0.3 is 0 Å². The van der Waals surface area contributed by atoms with Crippen LogP contribution in [-0.4, -0.2) is 22.0 Å². The van der Waals surface area contributed by atoms with Gasteiger partial charge in [0.2, 0.25) is 0 Å². The highest BCUT2D eigenvalue weighted by Gasteiger charge is 2.25. The second-order valence-corrected chi connectivity index (χ2v) is 8.60. The molecule has 0 spiro atoms. The quantitative estimate of drug-likeness (QED) is 0.626. The SMILES string of the molecule is CCc1ccc(N(CC)C(=O)c2sc3nc4n(c(=O)c3c2C)CCCCC4)cc1. The number of amides is 1. The van der Waals surface area contributed by atoms with Crippen LogP contribution in [0.25, 0.3) is 10.2 Å². The predicted molar refractivity (Wildman–Crippen MR) is 119 cm³/mol. The molecule has 3 heterocycles. The Bertz CT molecular complexity index is 1110. The number of hydrogen-bond donors (Lipinski definition) is 0. The van der Waals surface area contributed by atoms with E-state index < -0.39 is 0 Å². The minimum absolute atomic E-state index is 0.00930. The zero-order valence-electron chi connectivity index (χ0n) is 17.3. The third-order valence-electron chi connectivity index (χ3n) is 5.82. The van der Waals surface area contributed by atoms with Gasteiger partial charge in [-0.1, -0.05) is 25.5 Å². The van der Waals surface area contributed by atoms with E-state index in [1.54, 1.807) is 4.90 Å². The summed E-state index contributed by atoms with van der Waals surface area (Å²) in [6.07, 6.45) is 4.99. The van der Waals surface area contributed by atoms with E-state index in [-0.39, 0.29) is 11.5 Å². The van der Waals surface area contributed by atoms with Crippen LogP contribution in [0.3, 0.4) is 0 Å². The van der Waals surface area contributed by atoms with Crippen LogP contribution in [0.4, 0.5) is 5.69 Å². The van der Waals surface area contributed by atoms with Crippen molar-refractivity contribution >= 4 is 33.1 Å². The summed E-state index contributed by atoms with van der Waals surface area (Å²) >= 11 is 1.36. The summed E-state index contributed by atoms with van der Waals surface area (Å²) in [5.41, 5.74) is 2.90. The first-order valence-electron chi connectivity index (χ1n) is 10.5. The van der Waals surface area contributed by atoms with Gasteiger partial charge in [0.15, 0.2) is 0 Å². The van der Waals surface area contributed by atoms with Gasteiger partial charge in [0.05, 0.1) is 10.3 Å². The van der Waals surface area contributed by atoms with E-state index in [0.717, 1.165) is 55.7 Å². The van der Waals surface area contributed by atoms with E-state index in [9.17, 15) is 9.59 Å². The maximum Gasteiger partial charge on any atom is 0.268 e. The Balaban J connectivity index is 1.78. The topological polar surface area (TPSA) is 55.2 Å². The van der Waals surface area contributed by atoms with E-state index in [0.29, 0.717) is 21.6 Å². The van der Waals surface area contributed by atoms with E-state index in [4.69, 9.17) is 4.98 Å². The van der Waals surface area contributed by atoms with Crippen molar-refractivity contribution in [2.75, 3.05) is 11.4 Å². The summed E-state index contributed by atoms with van der Waals surface area (Å²) in [5, 5.41) is 0.612. The number of fused-ring (bicyclic) bond motifs is 2. The number of thiophene rings is 1. The average Bonchev–Trinajstić information content (AvgIpc) is 2.90. The van der Waals surface area contributed by atoms with Crippen molar-refractivity contribution in [3.8, 4) is 0 Å². The van der Waals surface area contributed by atoms with E-state index in [1.807, 2.05) is 30.5 Å². The molecule has 6 heteroatoms. The zero-order valence-corrected chi connectivity index (χ0v) is 18.1. The molecule has 152 valence electrons. The van der Waals surface area contributed by atoms with Crippen LogP contribution < -0.4 is 10.5 Å². The molecule has 0 saturated carbocycles. The molecule has 0 unspecified atom stereocenters. The summed E-state index contributed by atoms with van der Waals surface area (Å²) < 4.78 is 1.82. The van der Waals surface area contributed by atoms with Crippen molar-refractivity contribution in [2.45, 2.75) is 59.4 Å². The molecule has 29 heavy (non-hydrogen) atoms. The van der Waals surface area contributed by atoms with Gasteiger partial charge in [0.25, 0.3) is 11.5 Å². The number of hydrogen-bond acceptors (Lipinski definition) is 4. The highest BCUT2D eigenvalue weighted by Crippen LogP contribution is 2.30. The van der Waals surface area contributed by atoms with Gasteiger partial charge < -0.3 is 4.90 Å². The van der Waals surface area contributed by atoms with Gasteiger partial charge in [-0.2, -0.15) is 0 Å². The number of aromatic nitrogens is 2. The predicted octanol–water partition coefficient (Wildman–Crippen LogP) is 4.72. The maximum absolute atomic E-state index is 13.4. The van der Waals surface area contributed by atoms with E-state index in [2.05, 4.69) is 19.1 Å². The summed E-state index contributed by atoms with van der Waals surface area (Å²) in [7, 11) is 0. The van der Waals surface area contributed by atoms with E-state index >= 15 is 0 Å². The normalized spacial score (nSPS) is 13.9. The van der Waals surface area contributed by atoms with Crippen molar-refractivity contribution in [2.24, 2.45) is 0 Å². The smallest absolute Gasteiger partial charge is 0.268 e. The second-order valence-electron chi connectivity index (χ2n) is 7.60. The standard InChI is InChI=1S/C23H27N3O2S/c1-4-16-10-12-17(13-11-16)25(5-2)23(28)20-15(3)19-21(29-20)24-18-9-7-6-8-14-26(18)22(19)27/h10-13H,4-9,14H2,1-3H3. The molecule has 0 N–H and O–H groups in total. The molecule has 0 bridgehead atoms. The Kier molecular flexibility index (Phi) is 5.54. The summed E-state index contributed by atoms with van der Waals surface area (Å²) in [5.74, 6) is 0.805. The van der Waals surface area contributed by atoms with Gasteiger partial charge in [-0.15, -0.1) is 11.3 Å². The van der Waals surface area contributed by atoms with Crippen molar-refractivity contribution in [1.82, 2.24) is 9.55 Å². The lowest BCUT2D eigenvalue weighted by atomic mass is 10.1. The minimum Gasteiger partial charge on any atom is -0.308 e. The van der Waals surface area contributed by atoms with Crippen LogP contribution in [0, 0.1) is 6.92 Å². The molecule has 0 saturated heterocycles. The largest absolute Gasteiger partial charge is 0.308 e. The molecule has 5 nitrogen and oxygen atoms in total. The van der Waals surface area contributed by atoms with Crippen molar-refractivity contribution in [1.29, 1.82) is 0 Å². The fourth-order valence-electron chi connectivity index (χ4n) is 4.09. The number of carbonyl (C=O) groups is 1. The Hall–Kier alpha value is -2.47. The second kappa shape index (κ2) is 8.11. The van der Waals surface area contributed by atoms with Gasteiger partial charge in [-0.05, 0) is 56.4 Å². The monoisotopic (exact) mass is 409 g/mol. The first kappa shape index (κ1) is 19.8. The fourth-order valence-corrected chi connectivity index (χ4v) is 5.23. The zero-order chi connectivity index (χ0) is 20.5. The number of nitrogens with zero attached hydrogens (tertiary/aromatic N) is 3. The molecule has 1 aromatic carbocycles. The van der Waals surface area contributed by atoms with Crippen LogP contribution in [0.5, 0.6) is 0 Å². The van der Waals surface area contributed by atoms with Gasteiger partial charge in [0.1, 0.15) is 10.7 Å². The van der Waals surface area contributed by atoms with Crippen LogP contribution in [0.2, 0.25) is 0 Å². The molecule has 1 aliphatic rings. The van der Waals surface area contributed by atoms with Gasteiger partial charge in [-0.25, -0.2) is 4.98 Å². The number of carbonyl (C=O) groups excluding carboxylic acids is 1. The molecule has 0 radical (unpaired) electrons. The summed E-state index contributed by atoms with van der Waals surface area (Å²) in [6.45, 7) is 7.27. The van der Waals surface area contributed by atoms with Crippen molar-refractivity contribution < 1.29 is 4.79 Å². The highest BCUT2D eigenvalue weighted by atomic mass is 32.1. The first-order chi connectivity index (χ1) is 14.0. The highest BCUT2D eigenvalue weighted by molar-refractivity contribution is 7.20. The molecule has 4 rings (SSSR count). The average molecular weight is 410 g/mol. The van der Waals surface area contributed by atoms with Crippen LogP contribution >= 0.6 is 11.3 Å². The lowest BCUT2D eigenvalue weighted by molar-refractivity contribution is 0.0991. The molecular formula is C23H27N3O2S. The molecule has 0 atom stereocenters. The molecule has 1 amide bonds. The van der Waals surface area contributed by atoms with Crippen LogP contribution in [0.1, 0.15) is 59.7 Å². The number of anilines is 1. The molecule has 1 aliphatic heterocycles. The maximum atomic E-state index is 13.4. The lowest BCUT2D eigenvalue weighted by Gasteiger charge is -2.21. The van der Waals surface area contributed by atoms with Gasteiger partial charge in [-0.3, -0.25) is 14.2 Å². The number of aryl methyl sites for hydroxylation is 3. The Morgan fingerprint density at radius 2 is 1.93 bits per heavy atom. The molecule has 3 aromatic rings. The molecular weight excluding hydrogens is 382 g/mol. The van der Waals surface area contributed by atoms with Crippen molar-refractivity contribution in [3.05, 3.63) is 56.4 Å². The Labute approximate surface area is 175 Å². The van der Waals surface area contributed by atoms with Crippen LogP contribution in [0.15, 0.2) is 29.1 Å². The first-order valence-corrected chi connectivity index (χ1v) is 11.3. The third kappa shape index (κ3) is 3.50. The molecule has 0 fully saturated rings. The number of benzene rings is 1. The Morgan fingerprint density at radius 3 is 2.62 bits per heavy atom. The number of rotatable bonds is 4. The molecule has 0 aliphatic carbocycles. The third-order valence-corrected chi connectivity index (χ3v) is 7.00. The molecule has 2 aromatic heterocycles. The van der Waals surface area contributed by atoms with Gasteiger partial charge in [0, 0.05) is 25.2 Å². The van der Waals surface area contributed by atoms with E-state index in [1.165, 1.54) is 16.9 Å². The fraction of sp³-hybridized carbons (Fsp3) is 0.435. The Morgan fingerprint density at radius 1 is 1.17 bits per heavy atom. The summed E-state index contributed by atoms with van der Waals surface area (Å²) in [4.78, 5) is 34.5.